The van der Waals surface area contributed by atoms with Crippen molar-refractivity contribution in [1.82, 2.24) is 0 Å². The Kier molecular flexibility index (Phi) is 9.02. The first-order valence-electron chi connectivity index (χ1n) is 12.0. The van der Waals surface area contributed by atoms with Crippen LogP contribution in [0.3, 0.4) is 0 Å². The van der Waals surface area contributed by atoms with Gasteiger partial charge in [-0.2, -0.15) is 8.78 Å². The van der Waals surface area contributed by atoms with Crippen LogP contribution in [0.25, 0.3) is 0 Å². The first-order chi connectivity index (χ1) is 14.6. The normalized spacial score (nSPS) is 26.9. The summed E-state index contributed by atoms with van der Waals surface area (Å²) in [7, 11) is 0. The van der Waals surface area contributed by atoms with Gasteiger partial charge >= 0.3 is 0 Å². The molecule has 0 aromatic heterocycles. The molecule has 0 unspecified atom stereocenters. The quantitative estimate of drug-likeness (QED) is 0.361. The van der Waals surface area contributed by atoms with Crippen LogP contribution < -0.4 is 9.47 Å². The highest BCUT2D eigenvalue weighted by Gasteiger charge is 2.24. The smallest absolute Gasteiger partial charge is 0.204 e. The Morgan fingerprint density at radius 3 is 1.77 bits per heavy atom. The van der Waals surface area contributed by atoms with E-state index in [1.54, 1.807) is 0 Å². The lowest BCUT2D eigenvalue weighted by atomic mass is 9.80. The molecular weight excluding hydrogens is 382 g/mol. The first kappa shape index (κ1) is 23.1. The van der Waals surface area contributed by atoms with Crippen molar-refractivity contribution in [2.45, 2.75) is 77.6 Å². The monoisotopic (exact) mass is 420 g/mol. The molecule has 2 aliphatic carbocycles. The van der Waals surface area contributed by atoms with Crippen molar-refractivity contribution in [2.24, 2.45) is 23.7 Å². The van der Waals surface area contributed by atoms with Crippen LogP contribution in [0.2, 0.25) is 0 Å². The largest absolute Gasteiger partial charge is 0.490 e. The van der Waals surface area contributed by atoms with E-state index in [0.29, 0.717) is 31.0 Å². The van der Waals surface area contributed by atoms with E-state index >= 15 is 0 Å². The van der Waals surface area contributed by atoms with Gasteiger partial charge in [-0.3, -0.25) is 0 Å². The average molecular weight is 421 g/mol. The Labute approximate surface area is 181 Å². The van der Waals surface area contributed by atoms with Crippen LogP contribution in [0.5, 0.6) is 11.5 Å². The minimum Gasteiger partial charge on any atom is -0.490 e. The van der Waals surface area contributed by atoms with Crippen LogP contribution in [-0.2, 0) is 0 Å². The van der Waals surface area contributed by atoms with Gasteiger partial charge < -0.3 is 9.47 Å². The van der Waals surface area contributed by atoms with Gasteiger partial charge in [0.05, 0.1) is 13.2 Å². The number of unbranched alkanes of at least 4 members (excludes halogenated alkanes) is 1. The van der Waals surface area contributed by atoms with Crippen LogP contribution >= 0.6 is 0 Å². The van der Waals surface area contributed by atoms with E-state index in [-0.39, 0.29) is 11.5 Å². The highest BCUT2D eigenvalue weighted by atomic mass is 19.2. The van der Waals surface area contributed by atoms with E-state index in [1.165, 1.54) is 44.2 Å². The minimum atomic E-state index is -0.935. The summed E-state index contributed by atoms with van der Waals surface area (Å²) >= 11 is 0. The van der Waals surface area contributed by atoms with Crippen LogP contribution in [0.1, 0.15) is 77.6 Å². The lowest BCUT2D eigenvalue weighted by Gasteiger charge is -2.28. The molecule has 1 aromatic carbocycles. The third-order valence-electron chi connectivity index (χ3n) is 7.12. The zero-order valence-electron chi connectivity index (χ0n) is 18.5. The highest BCUT2D eigenvalue weighted by molar-refractivity contribution is 5.35. The van der Waals surface area contributed by atoms with Crippen molar-refractivity contribution in [3.05, 3.63) is 36.4 Å². The van der Waals surface area contributed by atoms with E-state index in [4.69, 9.17) is 9.47 Å². The zero-order valence-corrected chi connectivity index (χ0v) is 18.5. The Morgan fingerprint density at radius 2 is 1.30 bits per heavy atom. The fourth-order valence-corrected chi connectivity index (χ4v) is 4.92. The fraction of sp³-hybridized carbons (Fsp3) is 0.692. The van der Waals surface area contributed by atoms with Crippen LogP contribution in [0.4, 0.5) is 8.78 Å². The van der Waals surface area contributed by atoms with Crippen LogP contribution in [0, 0.1) is 35.3 Å². The van der Waals surface area contributed by atoms with Crippen molar-refractivity contribution in [2.75, 3.05) is 13.2 Å². The van der Waals surface area contributed by atoms with Gasteiger partial charge in [-0.15, -0.1) is 6.58 Å². The number of halogens is 2. The molecule has 0 saturated heterocycles. The summed E-state index contributed by atoms with van der Waals surface area (Å²) in [6.07, 6.45) is 14.9. The number of hydrogen-bond donors (Lipinski definition) is 0. The third kappa shape index (κ3) is 6.46. The Balaban J connectivity index is 1.44. The van der Waals surface area contributed by atoms with Gasteiger partial charge in [-0.05, 0) is 74.3 Å². The van der Waals surface area contributed by atoms with Gasteiger partial charge in [0, 0.05) is 0 Å². The SMILES string of the molecule is C=CC1CCC(COc2ccc(OCC3CCC(CCCC)CC3)c(F)c2F)CC1. The topological polar surface area (TPSA) is 18.5 Å². The highest BCUT2D eigenvalue weighted by Crippen LogP contribution is 2.34. The summed E-state index contributed by atoms with van der Waals surface area (Å²) < 4.78 is 40.3. The summed E-state index contributed by atoms with van der Waals surface area (Å²) in [5, 5.41) is 0. The van der Waals surface area contributed by atoms with Crippen LogP contribution in [-0.4, -0.2) is 13.2 Å². The molecule has 4 heteroatoms. The number of allylic oxidation sites excluding steroid dienone is 1. The minimum absolute atomic E-state index is 0.000511. The molecule has 0 N–H and O–H groups in total. The zero-order chi connectivity index (χ0) is 21.3. The maximum absolute atomic E-state index is 14.5. The van der Waals surface area contributed by atoms with Crippen LogP contribution in [0.15, 0.2) is 24.8 Å². The third-order valence-corrected chi connectivity index (χ3v) is 7.12. The summed E-state index contributed by atoms with van der Waals surface area (Å²) in [5.41, 5.74) is 0. The maximum atomic E-state index is 14.5. The summed E-state index contributed by atoms with van der Waals surface area (Å²) in [6.45, 7) is 6.98. The van der Waals surface area contributed by atoms with E-state index in [1.807, 2.05) is 6.08 Å². The molecule has 0 atom stereocenters. The van der Waals surface area contributed by atoms with Crippen molar-refractivity contribution in [3.8, 4) is 11.5 Å². The van der Waals surface area contributed by atoms with Gasteiger partial charge in [0.2, 0.25) is 11.6 Å². The predicted octanol–water partition coefficient (Wildman–Crippen LogP) is 7.71. The second kappa shape index (κ2) is 11.7. The van der Waals surface area contributed by atoms with E-state index in [0.717, 1.165) is 44.4 Å². The van der Waals surface area contributed by atoms with Crippen molar-refractivity contribution in [3.63, 3.8) is 0 Å². The number of ether oxygens (including phenoxy) is 2. The molecule has 2 saturated carbocycles. The van der Waals surface area contributed by atoms with Gasteiger partial charge in [0.1, 0.15) is 0 Å². The molecule has 2 aliphatic rings. The van der Waals surface area contributed by atoms with E-state index in [9.17, 15) is 8.78 Å². The van der Waals surface area contributed by atoms with Crippen molar-refractivity contribution < 1.29 is 18.3 Å². The Morgan fingerprint density at radius 1 is 0.833 bits per heavy atom. The lowest BCUT2D eigenvalue weighted by Crippen LogP contribution is -2.21. The van der Waals surface area contributed by atoms with Gasteiger partial charge in [-0.1, -0.05) is 45.1 Å². The molecular formula is C26H38F2O2. The molecule has 0 radical (unpaired) electrons. The Hall–Kier alpha value is -1.58. The molecule has 0 bridgehead atoms. The molecule has 0 aliphatic heterocycles. The Bertz CT molecular complexity index is 659. The van der Waals surface area contributed by atoms with E-state index in [2.05, 4.69) is 13.5 Å². The van der Waals surface area contributed by atoms with Crippen molar-refractivity contribution in [1.29, 1.82) is 0 Å². The van der Waals surface area contributed by atoms with Crippen molar-refractivity contribution >= 4 is 0 Å². The molecule has 30 heavy (non-hydrogen) atoms. The van der Waals surface area contributed by atoms with Gasteiger partial charge in [-0.25, -0.2) is 0 Å². The average Bonchev–Trinajstić information content (AvgIpc) is 2.79. The van der Waals surface area contributed by atoms with Gasteiger partial charge in [0.25, 0.3) is 0 Å². The van der Waals surface area contributed by atoms with E-state index < -0.39 is 11.6 Å². The molecule has 0 spiro atoms. The number of hydrogen-bond acceptors (Lipinski definition) is 2. The van der Waals surface area contributed by atoms with Gasteiger partial charge in [0.15, 0.2) is 11.5 Å². The summed E-state index contributed by atoms with van der Waals surface area (Å²) in [6, 6.07) is 3.01. The molecule has 2 nitrogen and oxygen atoms in total. The molecule has 3 rings (SSSR count). The number of benzene rings is 1. The summed E-state index contributed by atoms with van der Waals surface area (Å²) in [5.74, 6) is 0.368. The second-order valence-electron chi connectivity index (χ2n) is 9.36. The molecule has 0 amide bonds. The fourth-order valence-electron chi connectivity index (χ4n) is 4.92. The predicted molar refractivity (Wildman–Crippen MR) is 118 cm³/mol. The standard InChI is InChI=1S/C26H38F2O2/c1-3-5-6-20-9-13-22(14-10-20)18-30-24-16-15-23(25(27)26(24)28)29-17-21-11-7-19(4-2)8-12-21/h4,15-16,19-22H,2-3,5-14,17-18H2,1H3. The second-order valence-corrected chi connectivity index (χ2v) is 9.36. The lowest BCUT2D eigenvalue weighted by molar-refractivity contribution is 0.170. The number of rotatable bonds is 10. The molecule has 0 heterocycles. The summed E-state index contributed by atoms with van der Waals surface area (Å²) in [4.78, 5) is 0. The molecule has 1 aromatic rings. The molecule has 168 valence electrons. The maximum Gasteiger partial charge on any atom is 0.204 e. The molecule has 2 fully saturated rings. The first-order valence-corrected chi connectivity index (χ1v) is 12.0.